The molecule has 0 saturated carbocycles. The minimum absolute atomic E-state index is 0.644. The van der Waals surface area contributed by atoms with Crippen molar-refractivity contribution in [3.63, 3.8) is 0 Å². The average Bonchev–Trinajstić information content (AvgIpc) is 2.13. The number of hydrogen-bond donors (Lipinski definition) is 0. The number of nitrogens with zero attached hydrogens (tertiary/aromatic N) is 2. The Morgan fingerprint density at radius 2 is 2.33 bits per heavy atom. The molecule has 0 amide bonds. The number of hydrogen-bond acceptors (Lipinski definition) is 2. The molecule has 0 aromatic carbocycles. The van der Waals surface area contributed by atoms with Crippen LogP contribution in [-0.4, -0.2) is 30.9 Å². The van der Waals surface area contributed by atoms with E-state index in [2.05, 4.69) is 30.8 Å². The quantitative estimate of drug-likeness (QED) is 0.511. The highest BCUT2D eigenvalue weighted by Crippen LogP contribution is 2.11. The molecular formula is C7H14N2. The minimum Gasteiger partial charge on any atom is -0.361 e. The van der Waals surface area contributed by atoms with Gasteiger partial charge < -0.3 is 4.90 Å². The van der Waals surface area contributed by atoms with Crippen LogP contribution in [0.3, 0.4) is 0 Å². The molecular weight excluding hydrogens is 112 g/mol. The normalized spacial score (nSPS) is 26.2. The molecule has 1 heterocycles. The van der Waals surface area contributed by atoms with Gasteiger partial charge >= 0.3 is 0 Å². The van der Waals surface area contributed by atoms with E-state index in [4.69, 9.17) is 0 Å². The topological polar surface area (TPSA) is 15.6 Å². The summed E-state index contributed by atoms with van der Waals surface area (Å²) < 4.78 is 0. The maximum absolute atomic E-state index is 4.17. The highest BCUT2D eigenvalue weighted by molar-refractivity contribution is 5.57. The lowest BCUT2D eigenvalue weighted by molar-refractivity contribution is 0.324. The predicted molar refractivity (Wildman–Crippen MR) is 39.7 cm³/mol. The summed E-state index contributed by atoms with van der Waals surface area (Å²) >= 11 is 0. The fraction of sp³-hybridized carbons (Fsp3) is 0.857. The number of likely N-dealkylation sites (N-methyl/N-ethyl adjacent to an activating group) is 1. The Labute approximate surface area is 56.6 Å². The van der Waals surface area contributed by atoms with E-state index in [-0.39, 0.29) is 0 Å². The second-order valence-corrected chi connectivity index (χ2v) is 2.96. The molecule has 1 aliphatic rings. The summed E-state index contributed by atoms with van der Waals surface area (Å²) in [4.78, 5) is 6.35. The van der Waals surface area contributed by atoms with Crippen LogP contribution < -0.4 is 0 Å². The predicted octanol–water partition coefficient (Wildman–Crippen LogP) is 0.985. The summed E-state index contributed by atoms with van der Waals surface area (Å²) in [6.45, 7) is 5.44. The van der Waals surface area contributed by atoms with Crippen LogP contribution in [-0.2, 0) is 0 Å². The van der Waals surface area contributed by atoms with E-state index in [1.165, 1.54) is 0 Å². The second-order valence-electron chi connectivity index (χ2n) is 2.96. The fourth-order valence-electron chi connectivity index (χ4n) is 1.18. The van der Waals surface area contributed by atoms with Crippen molar-refractivity contribution in [3.05, 3.63) is 0 Å². The van der Waals surface area contributed by atoms with Crippen molar-refractivity contribution in [1.29, 1.82) is 0 Å². The monoisotopic (exact) mass is 126 g/mol. The third-order valence-electron chi connectivity index (χ3n) is 1.85. The summed E-state index contributed by atoms with van der Waals surface area (Å²) in [7, 11) is 2.08. The zero-order valence-electron chi connectivity index (χ0n) is 6.33. The summed E-state index contributed by atoms with van der Waals surface area (Å²) in [5.74, 6) is 0.720. The summed E-state index contributed by atoms with van der Waals surface area (Å²) in [6.07, 6.45) is 1.92. The van der Waals surface area contributed by atoms with Crippen LogP contribution in [0.15, 0.2) is 4.99 Å². The van der Waals surface area contributed by atoms with Crippen LogP contribution in [0.5, 0.6) is 0 Å². The molecule has 1 atom stereocenters. The molecule has 0 fully saturated rings. The summed E-state index contributed by atoms with van der Waals surface area (Å²) in [5, 5.41) is 0. The largest absolute Gasteiger partial charge is 0.361 e. The highest BCUT2D eigenvalue weighted by Gasteiger charge is 2.19. The van der Waals surface area contributed by atoms with Crippen LogP contribution in [0.1, 0.15) is 13.8 Å². The first-order valence-corrected chi connectivity index (χ1v) is 3.43. The van der Waals surface area contributed by atoms with E-state index >= 15 is 0 Å². The van der Waals surface area contributed by atoms with E-state index in [0.29, 0.717) is 6.04 Å². The standard InChI is InChI=1S/C7H14N2/c1-6(2)7-4-8-5-9(7)3/h5-7H,4H2,1-3H3. The lowest BCUT2D eigenvalue weighted by Gasteiger charge is -2.22. The Morgan fingerprint density at radius 3 is 2.56 bits per heavy atom. The van der Waals surface area contributed by atoms with E-state index < -0.39 is 0 Å². The van der Waals surface area contributed by atoms with Gasteiger partial charge in [0.15, 0.2) is 0 Å². The minimum atomic E-state index is 0.644. The lowest BCUT2D eigenvalue weighted by atomic mass is 10.1. The molecule has 2 heteroatoms. The van der Waals surface area contributed by atoms with Gasteiger partial charge in [-0.1, -0.05) is 13.8 Å². The van der Waals surface area contributed by atoms with Crippen molar-refractivity contribution in [1.82, 2.24) is 4.90 Å². The maximum atomic E-state index is 4.17. The van der Waals surface area contributed by atoms with Gasteiger partial charge in [0.1, 0.15) is 0 Å². The van der Waals surface area contributed by atoms with Gasteiger partial charge in [-0.2, -0.15) is 0 Å². The Kier molecular flexibility index (Phi) is 1.74. The van der Waals surface area contributed by atoms with Gasteiger partial charge in [0.05, 0.1) is 18.9 Å². The molecule has 1 unspecified atom stereocenters. The van der Waals surface area contributed by atoms with Crippen molar-refractivity contribution in [3.8, 4) is 0 Å². The Hall–Kier alpha value is -0.530. The molecule has 0 N–H and O–H groups in total. The van der Waals surface area contributed by atoms with Crippen molar-refractivity contribution in [2.75, 3.05) is 13.6 Å². The first-order chi connectivity index (χ1) is 4.22. The van der Waals surface area contributed by atoms with Crippen molar-refractivity contribution < 1.29 is 0 Å². The van der Waals surface area contributed by atoms with Gasteiger partial charge in [0.2, 0.25) is 0 Å². The van der Waals surface area contributed by atoms with Gasteiger partial charge in [-0.05, 0) is 5.92 Å². The lowest BCUT2D eigenvalue weighted by Crippen LogP contribution is -2.32. The second kappa shape index (κ2) is 2.38. The van der Waals surface area contributed by atoms with Gasteiger partial charge in [0, 0.05) is 7.05 Å². The van der Waals surface area contributed by atoms with Crippen LogP contribution in [0.4, 0.5) is 0 Å². The Balaban J connectivity index is 2.45. The summed E-state index contributed by atoms with van der Waals surface area (Å²) in [5.41, 5.74) is 0. The first kappa shape index (κ1) is 6.59. The zero-order valence-corrected chi connectivity index (χ0v) is 6.33. The molecule has 0 bridgehead atoms. The number of rotatable bonds is 1. The van der Waals surface area contributed by atoms with E-state index in [1.54, 1.807) is 0 Å². The van der Waals surface area contributed by atoms with Crippen LogP contribution >= 0.6 is 0 Å². The molecule has 0 aromatic rings. The Morgan fingerprint density at radius 1 is 1.67 bits per heavy atom. The maximum Gasteiger partial charge on any atom is 0.0851 e. The van der Waals surface area contributed by atoms with E-state index in [1.807, 2.05) is 6.34 Å². The molecule has 0 saturated heterocycles. The fourth-order valence-corrected chi connectivity index (χ4v) is 1.18. The zero-order chi connectivity index (χ0) is 6.85. The molecule has 2 nitrogen and oxygen atoms in total. The van der Waals surface area contributed by atoms with Crippen molar-refractivity contribution in [2.45, 2.75) is 19.9 Å². The van der Waals surface area contributed by atoms with Crippen LogP contribution in [0.2, 0.25) is 0 Å². The highest BCUT2D eigenvalue weighted by atomic mass is 15.2. The molecule has 0 radical (unpaired) electrons. The van der Waals surface area contributed by atoms with Gasteiger partial charge in [0.25, 0.3) is 0 Å². The average molecular weight is 126 g/mol. The third-order valence-corrected chi connectivity index (χ3v) is 1.85. The smallest absolute Gasteiger partial charge is 0.0851 e. The number of aliphatic imine (C=N–C) groups is 1. The molecule has 0 aliphatic carbocycles. The van der Waals surface area contributed by atoms with Gasteiger partial charge in [-0.25, -0.2) is 0 Å². The molecule has 0 aromatic heterocycles. The van der Waals surface area contributed by atoms with E-state index in [0.717, 1.165) is 12.5 Å². The SMILES string of the molecule is CC(C)C1CN=CN1C. The molecule has 1 aliphatic heterocycles. The van der Waals surface area contributed by atoms with Crippen LogP contribution in [0.25, 0.3) is 0 Å². The van der Waals surface area contributed by atoms with Gasteiger partial charge in [-0.3, -0.25) is 4.99 Å². The molecule has 52 valence electrons. The third kappa shape index (κ3) is 1.23. The molecule has 0 spiro atoms. The summed E-state index contributed by atoms with van der Waals surface area (Å²) in [6, 6.07) is 0.644. The van der Waals surface area contributed by atoms with Gasteiger partial charge in [-0.15, -0.1) is 0 Å². The van der Waals surface area contributed by atoms with E-state index in [9.17, 15) is 0 Å². The van der Waals surface area contributed by atoms with Crippen LogP contribution in [0, 0.1) is 5.92 Å². The van der Waals surface area contributed by atoms with Crippen molar-refractivity contribution in [2.24, 2.45) is 10.9 Å². The Bertz CT molecular complexity index is 118. The first-order valence-electron chi connectivity index (χ1n) is 3.43. The molecule has 9 heavy (non-hydrogen) atoms. The van der Waals surface area contributed by atoms with Crippen molar-refractivity contribution >= 4 is 6.34 Å². The molecule has 1 rings (SSSR count).